The van der Waals surface area contributed by atoms with E-state index in [0.29, 0.717) is 12.2 Å². The average Bonchev–Trinajstić information content (AvgIpc) is 2.48. The van der Waals surface area contributed by atoms with Gasteiger partial charge in [-0.15, -0.1) is 0 Å². The van der Waals surface area contributed by atoms with Gasteiger partial charge in [0.15, 0.2) is 6.79 Å². The van der Waals surface area contributed by atoms with Gasteiger partial charge >= 0.3 is 0 Å². The Morgan fingerprint density at radius 2 is 1.70 bits per heavy atom. The molecule has 0 saturated heterocycles. The lowest BCUT2D eigenvalue weighted by molar-refractivity contribution is 0.0510. The predicted octanol–water partition coefficient (Wildman–Crippen LogP) is 3.53. The molecule has 3 heteroatoms. The Kier molecular flexibility index (Phi) is 5.02. The van der Waals surface area contributed by atoms with E-state index in [2.05, 4.69) is 31.2 Å². The van der Waals surface area contributed by atoms with Crippen LogP contribution in [0.3, 0.4) is 0 Å². The SMILES string of the molecule is CCc1ccc(Cc2ccc(OCOC)cc2O)cc1. The molecule has 0 bridgehead atoms. The normalized spacial score (nSPS) is 10.5. The Labute approximate surface area is 119 Å². The van der Waals surface area contributed by atoms with Gasteiger partial charge in [0.05, 0.1) is 0 Å². The number of rotatable bonds is 6. The summed E-state index contributed by atoms with van der Waals surface area (Å²) in [4.78, 5) is 0. The van der Waals surface area contributed by atoms with Crippen LogP contribution in [0.4, 0.5) is 0 Å². The van der Waals surface area contributed by atoms with Crippen molar-refractivity contribution in [2.24, 2.45) is 0 Å². The van der Waals surface area contributed by atoms with E-state index in [1.807, 2.05) is 12.1 Å². The molecule has 2 aromatic carbocycles. The Morgan fingerprint density at radius 3 is 2.30 bits per heavy atom. The van der Waals surface area contributed by atoms with E-state index < -0.39 is 0 Å². The summed E-state index contributed by atoms with van der Waals surface area (Å²) in [6.45, 7) is 2.32. The van der Waals surface area contributed by atoms with Crippen molar-refractivity contribution in [2.45, 2.75) is 19.8 Å². The highest BCUT2D eigenvalue weighted by Gasteiger charge is 2.05. The summed E-state index contributed by atoms with van der Waals surface area (Å²) in [5.41, 5.74) is 3.39. The first kappa shape index (κ1) is 14.4. The summed E-state index contributed by atoms with van der Waals surface area (Å²) in [6.07, 6.45) is 1.75. The number of phenolic OH excluding ortho intramolecular Hbond substituents is 1. The molecule has 0 spiro atoms. The van der Waals surface area contributed by atoms with E-state index >= 15 is 0 Å². The zero-order valence-electron chi connectivity index (χ0n) is 11.9. The Hall–Kier alpha value is -2.00. The maximum Gasteiger partial charge on any atom is 0.188 e. The lowest BCUT2D eigenvalue weighted by atomic mass is 10.0. The number of hydrogen-bond donors (Lipinski definition) is 1. The fourth-order valence-corrected chi connectivity index (χ4v) is 2.02. The molecule has 0 fully saturated rings. The van der Waals surface area contributed by atoms with E-state index in [-0.39, 0.29) is 12.5 Å². The largest absolute Gasteiger partial charge is 0.508 e. The maximum atomic E-state index is 10.0. The van der Waals surface area contributed by atoms with Crippen molar-refractivity contribution < 1.29 is 14.6 Å². The van der Waals surface area contributed by atoms with Crippen molar-refractivity contribution in [2.75, 3.05) is 13.9 Å². The molecule has 106 valence electrons. The van der Waals surface area contributed by atoms with E-state index in [1.165, 1.54) is 11.1 Å². The van der Waals surface area contributed by atoms with Crippen molar-refractivity contribution >= 4 is 0 Å². The average molecular weight is 272 g/mol. The molecule has 0 unspecified atom stereocenters. The first-order chi connectivity index (χ1) is 9.72. The highest BCUT2D eigenvalue weighted by molar-refractivity contribution is 5.42. The molecule has 3 nitrogen and oxygen atoms in total. The molecule has 20 heavy (non-hydrogen) atoms. The van der Waals surface area contributed by atoms with Crippen LogP contribution in [0.15, 0.2) is 42.5 Å². The van der Waals surface area contributed by atoms with Crippen LogP contribution in [-0.2, 0) is 17.6 Å². The van der Waals surface area contributed by atoms with Gasteiger partial charge in [0.1, 0.15) is 11.5 Å². The molecule has 0 aliphatic heterocycles. The minimum absolute atomic E-state index is 0.178. The van der Waals surface area contributed by atoms with Gasteiger partial charge in [0.25, 0.3) is 0 Å². The lowest BCUT2D eigenvalue weighted by Crippen LogP contribution is -1.99. The first-order valence-electron chi connectivity index (χ1n) is 6.74. The molecular formula is C17H20O3. The highest BCUT2D eigenvalue weighted by atomic mass is 16.7. The van der Waals surface area contributed by atoms with Crippen molar-refractivity contribution in [3.63, 3.8) is 0 Å². The number of aromatic hydroxyl groups is 1. The molecule has 0 aromatic heterocycles. The van der Waals surface area contributed by atoms with Crippen LogP contribution in [0.1, 0.15) is 23.6 Å². The first-order valence-corrected chi connectivity index (χ1v) is 6.74. The van der Waals surface area contributed by atoms with Crippen LogP contribution in [0.5, 0.6) is 11.5 Å². The number of phenols is 1. The standard InChI is InChI=1S/C17H20O3/c1-3-13-4-6-14(7-5-13)10-15-8-9-16(11-17(15)18)20-12-19-2/h4-9,11,18H,3,10,12H2,1-2H3. The zero-order valence-corrected chi connectivity index (χ0v) is 11.9. The summed E-state index contributed by atoms with van der Waals surface area (Å²) in [6, 6.07) is 13.8. The van der Waals surface area contributed by atoms with Gasteiger partial charge in [-0.1, -0.05) is 37.3 Å². The van der Waals surface area contributed by atoms with Crippen LogP contribution in [-0.4, -0.2) is 19.0 Å². The number of aryl methyl sites for hydroxylation is 1. The second kappa shape index (κ2) is 6.96. The zero-order chi connectivity index (χ0) is 14.4. The number of ether oxygens (including phenoxy) is 2. The van der Waals surface area contributed by atoms with Crippen LogP contribution >= 0.6 is 0 Å². The molecule has 0 saturated carbocycles. The Bertz CT molecular complexity index is 547. The monoisotopic (exact) mass is 272 g/mol. The minimum Gasteiger partial charge on any atom is -0.508 e. The smallest absolute Gasteiger partial charge is 0.188 e. The van der Waals surface area contributed by atoms with Gasteiger partial charge in [-0.05, 0) is 29.2 Å². The molecule has 1 N–H and O–H groups in total. The fourth-order valence-electron chi connectivity index (χ4n) is 2.02. The van der Waals surface area contributed by atoms with E-state index in [0.717, 1.165) is 12.0 Å². The molecule has 0 aliphatic rings. The molecule has 2 rings (SSSR count). The summed E-state index contributed by atoms with van der Waals surface area (Å²) < 4.78 is 10.1. The fraction of sp³-hybridized carbons (Fsp3) is 0.294. The molecule has 0 heterocycles. The molecule has 2 aromatic rings. The number of benzene rings is 2. The van der Waals surface area contributed by atoms with Gasteiger partial charge in [0.2, 0.25) is 0 Å². The third-order valence-corrected chi connectivity index (χ3v) is 3.23. The third-order valence-electron chi connectivity index (χ3n) is 3.23. The molecular weight excluding hydrogens is 252 g/mol. The van der Waals surface area contributed by atoms with Crippen LogP contribution in [0.25, 0.3) is 0 Å². The molecule has 0 amide bonds. The van der Waals surface area contributed by atoms with Crippen LogP contribution < -0.4 is 4.74 Å². The van der Waals surface area contributed by atoms with Crippen molar-refractivity contribution in [3.8, 4) is 11.5 Å². The topological polar surface area (TPSA) is 38.7 Å². The third kappa shape index (κ3) is 3.75. The van der Waals surface area contributed by atoms with Gasteiger partial charge in [-0.2, -0.15) is 0 Å². The van der Waals surface area contributed by atoms with Gasteiger partial charge < -0.3 is 14.6 Å². The number of methoxy groups -OCH3 is 1. The summed E-state index contributed by atoms with van der Waals surface area (Å²) in [5, 5.41) is 10.0. The van der Waals surface area contributed by atoms with Crippen molar-refractivity contribution in [3.05, 3.63) is 59.2 Å². The maximum absolute atomic E-state index is 10.0. The van der Waals surface area contributed by atoms with Gasteiger partial charge in [-0.3, -0.25) is 0 Å². The van der Waals surface area contributed by atoms with Crippen LogP contribution in [0.2, 0.25) is 0 Å². The van der Waals surface area contributed by atoms with Gasteiger partial charge in [0, 0.05) is 19.6 Å². The van der Waals surface area contributed by atoms with Crippen molar-refractivity contribution in [1.29, 1.82) is 0 Å². The molecule has 0 radical (unpaired) electrons. The second-order valence-electron chi connectivity index (χ2n) is 4.69. The lowest BCUT2D eigenvalue weighted by Gasteiger charge is -2.09. The molecule has 0 atom stereocenters. The Balaban J connectivity index is 2.08. The summed E-state index contributed by atoms with van der Waals surface area (Å²) >= 11 is 0. The van der Waals surface area contributed by atoms with E-state index in [4.69, 9.17) is 9.47 Å². The second-order valence-corrected chi connectivity index (χ2v) is 4.69. The van der Waals surface area contributed by atoms with E-state index in [9.17, 15) is 5.11 Å². The van der Waals surface area contributed by atoms with Crippen molar-refractivity contribution in [1.82, 2.24) is 0 Å². The highest BCUT2D eigenvalue weighted by Crippen LogP contribution is 2.26. The van der Waals surface area contributed by atoms with Gasteiger partial charge in [-0.25, -0.2) is 0 Å². The van der Waals surface area contributed by atoms with Crippen LogP contribution in [0, 0.1) is 0 Å². The predicted molar refractivity (Wildman–Crippen MR) is 79.2 cm³/mol. The molecule has 0 aliphatic carbocycles. The minimum atomic E-state index is 0.178. The summed E-state index contributed by atoms with van der Waals surface area (Å²) in [5.74, 6) is 0.854. The van der Waals surface area contributed by atoms with E-state index in [1.54, 1.807) is 13.2 Å². The summed E-state index contributed by atoms with van der Waals surface area (Å²) in [7, 11) is 1.56. The number of hydrogen-bond acceptors (Lipinski definition) is 3. The quantitative estimate of drug-likeness (QED) is 0.818. The Morgan fingerprint density at radius 1 is 1.00 bits per heavy atom.